The van der Waals surface area contributed by atoms with Crippen LogP contribution in [0.5, 0.6) is 0 Å². The second kappa shape index (κ2) is 31.3. The standard InChI is InChI=1S/C53H35N5.C32H22N2.C21H14BrN3/c1-5-19-36(20-6-1)42-31-18-32-45-48-43-29-13-15-33-46(43)57(47-34-16-14-30-44(47)50(48)58(49(42)45)40-26-11-4-12-27-40)41-28-17-25-39(35-41)53-55-51(37-21-7-2-8-22-37)54-52(56-53)38-23-9-3-10-24-38;1-3-12-22(13-4-1)24-18-11-19-27-30-25-16-7-9-20-28(25)33-29-21-10-8-17-26(29)32(30)34(31(24)27)23-14-5-2-6-15-23;22-18-13-7-12-17(14-18)21-24-19(15-8-3-1-4-9-15)23-20(25-21)16-10-5-2-6-11-16/h1-35H;1-21,33H;1-14H. The lowest BCUT2D eigenvalue weighted by molar-refractivity contribution is 1.07. The number of aromatic nitrogens is 8. The van der Waals surface area contributed by atoms with Gasteiger partial charge in [-0.15, -0.1) is 0 Å². The van der Waals surface area contributed by atoms with Gasteiger partial charge in [-0.2, -0.15) is 0 Å². The lowest BCUT2D eigenvalue weighted by Crippen LogP contribution is -2.11. The van der Waals surface area contributed by atoms with Crippen molar-refractivity contribution in [3.63, 3.8) is 0 Å². The van der Waals surface area contributed by atoms with Crippen molar-refractivity contribution in [2.45, 2.75) is 0 Å². The Morgan fingerprint density at radius 2 is 0.504 bits per heavy atom. The van der Waals surface area contributed by atoms with E-state index in [4.69, 9.17) is 24.9 Å². The normalized spacial score (nSPS) is 11.5. The van der Waals surface area contributed by atoms with Crippen molar-refractivity contribution in [3.8, 4) is 147 Å². The highest BCUT2D eigenvalue weighted by Gasteiger charge is 2.34. The lowest BCUT2D eigenvalue weighted by Gasteiger charge is -2.28. The van der Waals surface area contributed by atoms with Gasteiger partial charge in [-0.3, -0.25) is 0 Å². The Balaban J connectivity index is 0.000000126. The third kappa shape index (κ3) is 13.6. The van der Waals surface area contributed by atoms with Crippen LogP contribution in [-0.4, -0.2) is 39.0 Å². The van der Waals surface area contributed by atoms with Crippen molar-refractivity contribution < 1.29 is 0 Å². The summed E-state index contributed by atoms with van der Waals surface area (Å²) in [5.74, 6) is 3.89. The quantitative estimate of drug-likeness (QED) is 0.137. The van der Waals surface area contributed by atoms with Crippen molar-refractivity contribution in [2.75, 3.05) is 10.2 Å². The average Bonchev–Trinajstić information content (AvgIpc) is 1.55. The van der Waals surface area contributed by atoms with Crippen molar-refractivity contribution in [2.24, 2.45) is 0 Å². The minimum Gasteiger partial charge on any atom is -0.354 e. The molecule has 10 nitrogen and oxygen atoms in total. The molecule has 4 aromatic heterocycles. The Morgan fingerprint density at radius 1 is 0.214 bits per heavy atom. The molecule has 2 aliphatic rings. The summed E-state index contributed by atoms with van der Waals surface area (Å²) in [6.45, 7) is 0. The van der Waals surface area contributed by atoms with Crippen LogP contribution >= 0.6 is 15.9 Å². The lowest BCUT2D eigenvalue weighted by atomic mass is 9.96. The van der Waals surface area contributed by atoms with Crippen LogP contribution in [-0.2, 0) is 0 Å². The van der Waals surface area contributed by atoms with Gasteiger partial charge in [0.15, 0.2) is 34.9 Å². The number of halogens is 1. The Labute approximate surface area is 686 Å². The largest absolute Gasteiger partial charge is 0.354 e. The highest BCUT2D eigenvalue weighted by Crippen LogP contribution is 2.57. The molecule has 16 aromatic carbocycles. The van der Waals surface area contributed by atoms with Gasteiger partial charge in [0.1, 0.15) is 0 Å². The first-order valence-electron chi connectivity index (χ1n) is 39.1. The molecular formula is C106H71BrN10. The topological polar surface area (TPSA) is 102 Å². The zero-order valence-corrected chi connectivity index (χ0v) is 64.9. The summed E-state index contributed by atoms with van der Waals surface area (Å²) in [6.07, 6.45) is 0. The molecule has 0 saturated carbocycles. The fraction of sp³-hybridized carbons (Fsp3) is 0. The molecular weight excluding hydrogens is 1490 g/mol. The highest BCUT2D eigenvalue weighted by atomic mass is 79.9. The van der Waals surface area contributed by atoms with Gasteiger partial charge in [-0.25, -0.2) is 29.9 Å². The molecule has 2 aliphatic heterocycles. The van der Waals surface area contributed by atoms with Crippen molar-refractivity contribution >= 4 is 66.2 Å². The highest BCUT2D eigenvalue weighted by molar-refractivity contribution is 9.10. The van der Waals surface area contributed by atoms with Gasteiger partial charge in [0.05, 0.1) is 33.8 Å². The van der Waals surface area contributed by atoms with E-state index in [2.05, 4.69) is 319 Å². The monoisotopic (exact) mass is 1560 g/mol. The van der Waals surface area contributed by atoms with Crippen LogP contribution in [0.1, 0.15) is 0 Å². The van der Waals surface area contributed by atoms with Crippen LogP contribution < -0.4 is 10.2 Å². The zero-order valence-electron chi connectivity index (χ0n) is 63.3. The summed E-state index contributed by atoms with van der Waals surface area (Å²) in [7, 11) is 0. The molecule has 1 N–H and O–H groups in total. The summed E-state index contributed by atoms with van der Waals surface area (Å²) in [5, 5.41) is 6.17. The Bertz CT molecular complexity index is 6910. The predicted molar refractivity (Wildman–Crippen MR) is 484 cm³/mol. The summed E-state index contributed by atoms with van der Waals surface area (Å²) in [6, 6.07) is 148. The van der Waals surface area contributed by atoms with E-state index in [1.165, 1.54) is 72.0 Å². The fourth-order valence-electron chi connectivity index (χ4n) is 16.3. The van der Waals surface area contributed by atoms with E-state index in [0.717, 1.165) is 94.5 Å². The molecule has 552 valence electrons. The van der Waals surface area contributed by atoms with Gasteiger partial charge in [0.2, 0.25) is 0 Å². The second-order valence-electron chi connectivity index (χ2n) is 28.6. The predicted octanol–water partition coefficient (Wildman–Crippen LogP) is 27.9. The molecule has 22 rings (SSSR count). The molecule has 0 atom stereocenters. The molecule has 0 unspecified atom stereocenters. The maximum absolute atomic E-state index is 5.09. The fourth-order valence-corrected chi connectivity index (χ4v) is 16.7. The zero-order chi connectivity index (χ0) is 78.0. The molecule has 0 saturated heterocycles. The smallest absolute Gasteiger partial charge is 0.164 e. The molecule has 0 radical (unpaired) electrons. The maximum Gasteiger partial charge on any atom is 0.164 e. The van der Waals surface area contributed by atoms with Crippen LogP contribution in [0.15, 0.2) is 429 Å². The number of hydrogen-bond donors (Lipinski definition) is 1. The van der Waals surface area contributed by atoms with E-state index in [0.29, 0.717) is 34.9 Å². The number of hydrogen-bond acceptors (Lipinski definition) is 8. The maximum atomic E-state index is 5.09. The van der Waals surface area contributed by atoms with E-state index < -0.39 is 0 Å². The van der Waals surface area contributed by atoms with E-state index in [1.54, 1.807) is 0 Å². The van der Waals surface area contributed by atoms with Gasteiger partial charge < -0.3 is 19.4 Å². The molecule has 0 amide bonds. The van der Waals surface area contributed by atoms with E-state index in [-0.39, 0.29) is 0 Å². The number of nitrogens with one attached hydrogen (secondary N) is 1. The molecule has 0 aliphatic carbocycles. The second-order valence-corrected chi connectivity index (χ2v) is 29.6. The third-order valence-corrected chi connectivity index (χ3v) is 22.0. The van der Waals surface area contributed by atoms with Gasteiger partial charge in [0.25, 0.3) is 0 Å². The number of anilines is 5. The van der Waals surface area contributed by atoms with Crippen LogP contribution in [0, 0.1) is 0 Å². The van der Waals surface area contributed by atoms with Crippen molar-refractivity contribution in [1.29, 1.82) is 0 Å². The summed E-state index contributed by atoms with van der Waals surface area (Å²) >= 11 is 3.52. The summed E-state index contributed by atoms with van der Waals surface area (Å²) < 4.78 is 5.92. The minimum absolute atomic E-state index is 0.615. The SMILES string of the molecule is Brc1cccc(-c2nc(-c3ccccc3)nc(-c3ccccc3)n2)c1.c1ccc(-c2cccc3c4c(n(-c5ccccc5)c23)-c2ccccc2Nc2ccccc2-4)cc1.c1ccc(-c2nc(-c3ccccc3)nc(-c3cccc(N4c5ccccc5-c5c(n(-c6ccccc6)c6c(-c7ccccc7)cccc56)-c5ccccc54)c3)n2)cc1. The Hall–Kier alpha value is -15.3. The average molecular weight is 1560 g/mol. The molecule has 6 heterocycles. The summed E-state index contributed by atoms with van der Waals surface area (Å²) in [5.41, 5.74) is 30.2. The number of rotatable bonds is 11. The Morgan fingerprint density at radius 3 is 0.949 bits per heavy atom. The van der Waals surface area contributed by atoms with Crippen molar-refractivity contribution in [1.82, 2.24) is 39.0 Å². The van der Waals surface area contributed by atoms with Crippen LogP contribution in [0.2, 0.25) is 0 Å². The first-order chi connectivity index (χ1) is 58.0. The third-order valence-electron chi connectivity index (χ3n) is 21.5. The summed E-state index contributed by atoms with van der Waals surface area (Å²) in [4.78, 5) is 31.6. The number of para-hydroxylation sites is 8. The van der Waals surface area contributed by atoms with E-state index in [9.17, 15) is 0 Å². The van der Waals surface area contributed by atoms with Gasteiger partial charge >= 0.3 is 0 Å². The van der Waals surface area contributed by atoms with Crippen LogP contribution in [0.4, 0.5) is 28.4 Å². The van der Waals surface area contributed by atoms with E-state index in [1.807, 2.05) is 146 Å². The van der Waals surface area contributed by atoms with Gasteiger partial charge in [-0.05, 0) is 83.9 Å². The molecule has 0 bridgehead atoms. The molecule has 0 fully saturated rings. The minimum atomic E-state index is 0.615. The molecule has 117 heavy (non-hydrogen) atoms. The first kappa shape index (κ1) is 70.8. The number of nitrogens with zero attached hydrogens (tertiary/aromatic N) is 9. The number of fused-ring (bicyclic) bond motifs is 14. The first-order valence-corrected chi connectivity index (χ1v) is 39.9. The van der Waals surface area contributed by atoms with E-state index >= 15 is 0 Å². The van der Waals surface area contributed by atoms with Crippen LogP contribution in [0.3, 0.4) is 0 Å². The molecule has 11 heteroatoms. The van der Waals surface area contributed by atoms with Gasteiger partial charge in [0, 0.05) is 122 Å². The Kier molecular flexibility index (Phi) is 19.0. The van der Waals surface area contributed by atoms with Gasteiger partial charge in [-0.1, -0.05) is 368 Å². The molecule has 20 aromatic rings. The van der Waals surface area contributed by atoms with Crippen molar-refractivity contribution in [3.05, 3.63) is 429 Å². The number of benzene rings is 16. The molecule has 0 spiro atoms. The van der Waals surface area contributed by atoms with Crippen LogP contribution in [0.25, 0.3) is 169 Å².